The summed E-state index contributed by atoms with van der Waals surface area (Å²) in [6.45, 7) is 7.44. The van der Waals surface area contributed by atoms with Crippen molar-refractivity contribution < 1.29 is 9.59 Å². The van der Waals surface area contributed by atoms with Gasteiger partial charge in [-0.15, -0.1) is 0 Å². The predicted molar refractivity (Wildman–Crippen MR) is 124 cm³/mol. The summed E-state index contributed by atoms with van der Waals surface area (Å²) < 4.78 is 0. The average Bonchev–Trinajstić information content (AvgIpc) is 2.73. The van der Waals surface area contributed by atoms with Crippen LogP contribution in [0.4, 0.5) is 0 Å². The summed E-state index contributed by atoms with van der Waals surface area (Å²) in [7, 11) is 3.63. The second kappa shape index (κ2) is 9.21. The molecule has 1 saturated heterocycles. The van der Waals surface area contributed by atoms with Crippen LogP contribution in [-0.4, -0.2) is 53.8 Å². The van der Waals surface area contributed by atoms with Crippen LogP contribution in [0.25, 0.3) is 11.1 Å². The number of carbonyl (C=O) groups excluding carboxylic acids is 2. The van der Waals surface area contributed by atoms with Crippen molar-refractivity contribution in [1.29, 1.82) is 0 Å². The molecular weight excluding hydrogens is 386 g/mol. The minimum atomic E-state index is -0.617. The molecule has 31 heavy (non-hydrogen) atoms. The summed E-state index contributed by atoms with van der Waals surface area (Å²) in [4.78, 5) is 34.4. The van der Waals surface area contributed by atoms with Crippen molar-refractivity contribution in [3.8, 4) is 11.1 Å². The molecule has 166 valence electrons. The molecule has 2 amide bonds. The summed E-state index contributed by atoms with van der Waals surface area (Å²) in [5.74, 6) is 0.241. The Morgan fingerprint density at radius 1 is 1.13 bits per heavy atom. The Hall–Kier alpha value is -2.69. The second-order valence-electron chi connectivity index (χ2n) is 10.2. The molecule has 5 heteroatoms. The topological polar surface area (TPSA) is 53.5 Å². The van der Waals surface area contributed by atoms with Gasteiger partial charge in [0, 0.05) is 51.6 Å². The van der Waals surface area contributed by atoms with Gasteiger partial charge in [0.1, 0.15) is 0 Å². The molecule has 1 atom stereocenters. The lowest BCUT2D eigenvalue weighted by Gasteiger charge is -2.44. The first-order valence-electron chi connectivity index (χ1n) is 11.1. The Kier molecular flexibility index (Phi) is 6.83. The third-order valence-electron chi connectivity index (χ3n) is 5.99. The van der Waals surface area contributed by atoms with E-state index >= 15 is 0 Å². The van der Waals surface area contributed by atoms with Gasteiger partial charge in [0.15, 0.2) is 0 Å². The first-order chi connectivity index (χ1) is 14.6. The summed E-state index contributed by atoms with van der Waals surface area (Å²) >= 11 is 0. The molecule has 3 rings (SSSR count). The maximum atomic E-state index is 13.5. The minimum Gasteiger partial charge on any atom is -0.348 e. The van der Waals surface area contributed by atoms with Gasteiger partial charge in [0.05, 0.1) is 5.41 Å². The standard InChI is InChI=1S/C26H35N3O2/c1-25(2,3)17-23(30)29-15-9-13-26(19-29,24(31)28(4)5)16-20-10-6-7-12-22(20)21-11-8-14-27-18-21/h6-8,10-12,14,18H,9,13,15-17,19H2,1-5H3/t26-/m0/s1. The minimum absolute atomic E-state index is 0.0738. The van der Waals surface area contributed by atoms with E-state index in [-0.39, 0.29) is 17.2 Å². The van der Waals surface area contributed by atoms with E-state index in [1.807, 2.05) is 49.5 Å². The molecule has 1 aliphatic rings. The van der Waals surface area contributed by atoms with Crippen molar-refractivity contribution in [2.75, 3.05) is 27.2 Å². The van der Waals surface area contributed by atoms with E-state index in [0.29, 0.717) is 19.4 Å². The van der Waals surface area contributed by atoms with Crippen LogP contribution < -0.4 is 0 Å². The van der Waals surface area contributed by atoms with E-state index in [1.54, 1.807) is 11.1 Å². The summed E-state index contributed by atoms with van der Waals surface area (Å²) in [5.41, 5.74) is 2.57. The molecule has 0 saturated carbocycles. The van der Waals surface area contributed by atoms with Crippen LogP contribution in [0.3, 0.4) is 0 Å². The SMILES string of the molecule is CN(C)C(=O)[C@]1(Cc2ccccc2-c2cccnc2)CCCN(C(=O)CC(C)(C)C)C1. The number of piperidine rings is 1. The number of amides is 2. The molecule has 1 aromatic carbocycles. The lowest BCUT2D eigenvalue weighted by molar-refractivity contribution is -0.147. The monoisotopic (exact) mass is 421 g/mol. The van der Waals surface area contributed by atoms with Crippen molar-refractivity contribution in [3.63, 3.8) is 0 Å². The first kappa shape index (κ1) is 23.0. The van der Waals surface area contributed by atoms with Gasteiger partial charge in [-0.2, -0.15) is 0 Å². The Balaban J connectivity index is 1.96. The van der Waals surface area contributed by atoms with Gasteiger partial charge in [-0.25, -0.2) is 0 Å². The number of nitrogens with zero attached hydrogens (tertiary/aromatic N) is 3. The van der Waals surface area contributed by atoms with E-state index in [4.69, 9.17) is 0 Å². The van der Waals surface area contributed by atoms with E-state index in [1.165, 1.54) is 0 Å². The van der Waals surface area contributed by atoms with Gasteiger partial charge in [0.2, 0.25) is 11.8 Å². The molecule has 0 unspecified atom stereocenters. The van der Waals surface area contributed by atoms with Crippen LogP contribution in [0.1, 0.15) is 45.6 Å². The predicted octanol–water partition coefficient (Wildman–Crippen LogP) is 4.42. The molecule has 2 heterocycles. The van der Waals surface area contributed by atoms with Crippen LogP contribution in [-0.2, 0) is 16.0 Å². The highest BCUT2D eigenvalue weighted by Crippen LogP contribution is 2.38. The summed E-state index contributed by atoms with van der Waals surface area (Å²) in [6.07, 6.45) is 6.34. The van der Waals surface area contributed by atoms with Crippen LogP contribution >= 0.6 is 0 Å². The third-order valence-corrected chi connectivity index (χ3v) is 5.99. The average molecular weight is 422 g/mol. The number of benzene rings is 1. The number of aromatic nitrogens is 1. The number of carbonyl (C=O) groups is 2. The van der Waals surface area contributed by atoms with E-state index in [2.05, 4.69) is 37.9 Å². The number of pyridine rings is 1. The zero-order chi connectivity index (χ0) is 22.6. The summed E-state index contributed by atoms with van der Waals surface area (Å²) in [5, 5.41) is 0. The van der Waals surface area contributed by atoms with Gasteiger partial charge in [0.25, 0.3) is 0 Å². The van der Waals surface area contributed by atoms with Gasteiger partial charge in [-0.05, 0) is 41.9 Å². The maximum Gasteiger partial charge on any atom is 0.230 e. The molecule has 1 aromatic heterocycles. The Labute approximate surface area is 186 Å². The highest BCUT2D eigenvalue weighted by Gasteiger charge is 2.44. The quantitative estimate of drug-likeness (QED) is 0.718. The molecule has 0 N–H and O–H groups in total. The zero-order valence-corrected chi connectivity index (χ0v) is 19.5. The number of rotatable bonds is 5. The fourth-order valence-corrected chi connectivity index (χ4v) is 4.62. The second-order valence-corrected chi connectivity index (χ2v) is 10.2. The van der Waals surface area contributed by atoms with Crippen LogP contribution in [0, 0.1) is 10.8 Å². The lowest BCUT2D eigenvalue weighted by atomic mass is 9.72. The van der Waals surface area contributed by atoms with Crippen LogP contribution in [0.15, 0.2) is 48.8 Å². The Morgan fingerprint density at radius 3 is 2.52 bits per heavy atom. The molecule has 0 bridgehead atoms. The maximum absolute atomic E-state index is 13.5. The van der Waals surface area contributed by atoms with Crippen molar-refractivity contribution in [1.82, 2.24) is 14.8 Å². The molecule has 0 spiro atoms. The molecule has 0 radical (unpaired) electrons. The first-order valence-corrected chi connectivity index (χ1v) is 11.1. The smallest absolute Gasteiger partial charge is 0.230 e. The number of hydrogen-bond acceptors (Lipinski definition) is 3. The van der Waals surface area contributed by atoms with Crippen molar-refractivity contribution >= 4 is 11.8 Å². The fourth-order valence-electron chi connectivity index (χ4n) is 4.62. The zero-order valence-electron chi connectivity index (χ0n) is 19.5. The van der Waals surface area contributed by atoms with Crippen molar-refractivity contribution in [2.45, 2.75) is 46.5 Å². The summed E-state index contributed by atoms with van der Waals surface area (Å²) in [6, 6.07) is 12.2. The molecule has 1 aliphatic heterocycles. The number of likely N-dealkylation sites (tertiary alicyclic amines) is 1. The number of hydrogen-bond donors (Lipinski definition) is 0. The van der Waals surface area contributed by atoms with E-state index in [0.717, 1.165) is 36.1 Å². The normalized spacial score (nSPS) is 19.2. The molecule has 5 nitrogen and oxygen atoms in total. The van der Waals surface area contributed by atoms with Crippen molar-refractivity contribution in [3.05, 3.63) is 54.4 Å². The highest BCUT2D eigenvalue weighted by atomic mass is 16.2. The Morgan fingerprint density at radius 2 is 1.87 bits per heavy atom. The van der Waals surface area contributed by atoms with Gasteiger partial charge in [-0.1, -0.05) is 51.1 Å². The van der Waals surface area contributed by atoms with Crippen LogP contribution in [0.5, 0.6) is 0 Å². The van der Waals surface area contributed by atoms with Gasteiger partial charge in [-0.3, -0.25) is 14.6 Å². The van der Waals surface area contributed by atoms with Crippen LogP contribution in [0.2, 0.25) is 0 Å². The van der Waals surface area contributed by atoms with Crippen molar-refractivity contribution in [2.24, 2.45) is 10.8 Å². The highest BCUT2D eigenvalue weighted by molar-refractivity contribution is 5.85. The molecule has 1 fully saturated rings. The van der Waals surface area contributed by atoms with Gasteiger partial charge < -0.3 is 9.80 Å². The molecule has 2 aromatic rings. The Bertz CT molecular complexity index is 918. The molecule has 0 aliphatic carbocycles. The van der Waals surface area contributed by atoms with E-state index in [9.17, 15) is 9.59 Å². The largest absolute Gasteiger partial charge is 0.348 e. The fraction of sp³-hybridized carbons (Fsp3) is 0.500. The molecular formula is C26H35N3O2. The van der Waals surface area contributed by atoms with Gasteiger partial charge >= 0.3 is 0 Å². The van der Waals surface area contributed by atoms with E-state index < -0.39 is 5.41 Å². The lowest BCUT2D eigenvalue weighted by Crippen LogP contribution is -2.54. The third kappa shape index (κ3) is 5.52.